The third-order valence-electron chi connectivity index (χ3n) is 5.13. The summed E-state index contributed by atoms with van der Waals surface area (Å²) in [5.74, 6) is 0.415. The van der Waals surface area contributed by atoms with Gasteiger partial charge in [0.05, 0.1) is 30.3 Å². The Morgan fingerprint density at radius 1 is 1.23 bits per heavy atom. The first-order valence-electron chi connectivity index (χ1n) is 8.53. The molecule has 9 heteroatoms. The minimum Gasteiger partial charge on any atom is -0.497 e. The van der Waals surface area contributed by atoms with E-state index in [1.807, 2.05) is 0 Å². The van der Waals surface area contributed by atoms with Crippen LogP contribution in [0.5, 0.6) is 5.75 Å². The number of benzene rings is 1. The van der Waals surface area contributed by atoms with E-state index in [4.69, 9.17) is 4.74 Å². The van der Waals surface area contributed by atoms with E-state index in [1.165, 1.54) is 13.3 Å². The number of ether oxygens (including phenoxy) is 1. The maximum absolute atomic E-state index is 13.2. The molecule has 3 aliphatic rings. The average molecular weight is 376 g/mol. The van der Waals surface area contributed by atoms with Gasteiger partial charge in [-0.2, -0.15) is 14.5 Å². The molecule has 3 heterocycles. The lowest BCUT2D eigenvalue weighted by Gasteiger charge is -2.40. The monoisotopic (exact) mass is 376 g/mol. The van der Waals surface area contributed by atoms with Crippen molar-refractivity contribution in [2.75, 3.05) is 26.7 Å². The van der Waals surface area contributed by atoms with E-state index in [0.29, 0.717) is 31.0 Å². The van der Waals surface area contributed by atoms with E-state index in [-0.39, 0.29) is 22.9 Å². The molecule has 0 aliphatic carbocycles. The minimum absolute atomic E-state index is 0.0923. The summed E-state index contributed by atoms with van der Waals surface area (Å²) in [4.78, 5) is 14.5. The fraction of sp³-hybridized carbons (Fsp3) is 0.471. The van der Waals surface area contributed by atoms with Crippen LogP contribution >= 0.6 is 0 Å². The first kappa shape index (κ1) is 17.2. The van der Waals surface area contributed by atoms with Crippen LogP contribution in [0.3, 0.4) is 0 Å². The highest BCUT2D eigenvalue weighted by molar-refractivity contribution is 7.89. The predicted molar refractivity (Wildman–Crippen MR) is 93.2 cm³/mol. The van der Waals surface area contributed by atoms with Gasteiger partial charge in [-0.05, 0) is 25.0 Å². The van der Waals surface area contributed by atoms with Gasteiger partial charge < -0.3 is 9.64 Å². The molecule has 8 nitrogen and oxygen atoms in total. The van der Waals surface area contributed by atoms with Crippen molar-refractivity contribution in [1.82, 2.24) is 9.21 Å². The van der Waals surface area contributed by atoms with Crippen LogP contribution in [0.1, 0.15) is 12.8 Å². The summed E-state index contributed by atoms with van der Waals surface area (Å²) >= 11 is 0. The second-order valence-electron chi connectivity index (χ2n) is 6.68. The largest absolute Gasteiger partial charge is 0.497 e. The Kier molecular flexibility index (Phi) is 4.28. The summed E-state index contributed by atoms with van der Waals surface area (Å²) in [6, 6.07) is 6.11. The summed E-state index contributed by atoms with van der Waals surface area (Å²) in [5, 5.41) is 7.55. The number of fused-ring (bicyclic) bond motifs is 2. The summed E-state index contributed by atoms with van der Waals surface area (Å²) in [5.41, 5.74) is 0.563. The zero-order valence-corrected chi connectivity index (χ0v) is 15.2. The number of carbonyl (C=O) groups is 1. The number of piperazine rings is 1. The molecule has 1 aromatic carbocycles. The molecule has 1 amide bonds. The molecule has 1 aromatic rings. The molecule has 0 spiro atoms. The molecular weight excluding hydrogens is 356 g/mol. The van der Waals surface area contributed by atoms with Gasteiger partial charge >= 0.3 is 0 Å². The molecule has 0 saturated carbocycles. The van der Waals surface area contributed by atoms with Crippen molar-refractivity contribution in [3.05, 3.63) is 36.0 Å². The van der Waals surface area contributed by atoms with Crippen LogP contribution in [0.25, 0.3) is 0 Å². The number of methoxy groups -OCH3 is 1. The Hall–Kier alpha value is -2.26. The number of hydrogen-bond donors (Lipinski definition) is 0. The second kappa shape index (κ2) is 6.48. The van der Waals surface area contributed by atoms with Gasteiger partial charge in [0.2, 0.25) is 10.0 Å². The van der Waals surface area contributed by atoms with Crippen molar-refractivity contribution in [3.63, 3.8) is 0 Å². The van der Waals surface area contributed by atoms with E-state index >= 15 is 0 Å². The molecule has 3 aliphatic heterocycles. The quantitative estimate of drug-likeness (QED) is 0.794. The van der Waals surface area contributed by atoms with Crippen LogP contribution in [-0.4, -0.2) is 62.4 Å². The van der Waals surface area contributed by atoms with Crippen molar-refractivity contribution < 1.29 is 17.9 Å². The minimum atomic E-state index is -3.63. The fourth-order valence-corrected chi connectivity index (χ4v) is 5.79. The molecule has 0 radical (unpaired) electrons. The number of azo groups is 1. The third kappa shape index (κ3) is 2.80. The molecule has 0 N–H and O–H groups in total. The third-order valence-corrected chi connectivity index (χ3v) is 7.13. The molecule has 0 aromatic heterocycles. The van der Waals surface area contributed by atoms with Crippen molar-refractivity contribution in [3.8, 4) is 5.75 Å². The second-order valence-corrected chi connectivity index (χ2v) is 8.52. The standard InChI is InChI=1S/C17H20N4O4S/c1-25-15-3-2-4-16(7-15)26(23,24)21-13-5-6-14(21)11-20(10-13)17(22)12-8-18-19-9-12/h2-4,7-8,13-14H,5-6,9-11H2,1H3. The highest BCUT2D eigenvalue weighted by atomic mass is 32.2. The summed E-state index contributed by atoms with van der Waals surface area (Å²) in [6.07, 6.45) is 3.00. The van der Waals surface area contributed by atoms with E-state index < -0.39 is 10.0 Å². The lowest BCUT2D eigenvalue weighted by molar-refractivity contribution is -0.129. The van der Waals surface area contributed by atoms with E-state index in [2.05, 4.69) is 10.2 Å². The maximum Gasteiger partial charge on any atom is 0.253 e. The summed E-state index contributed by atoms with van der Waals surface area (Å²) < 4.78 is 33.1. The molecule has 26 heavy (non-hydrogen) atoms. The molecule has 2 atom stereocenters. The SMILES string of the molecule is COc1cccc(S(=O)(=O)N2C3CCC2CN(C(=O)C2=CN=NC2)C3)c1. The lowest BCUT2D eigenvalue weighted by atomic mass is 10.2. The van der Waals surface area contributed by atoms with Crippen LogP contribution in [0.2, 0.25) is 0 Å². The summed E-state index contributed by atoms with van der Waals surface area (Å²) in [7, 11) is -2.12. The zero-order chi connectivity index (χ0) is 18.3. The number of carbonyl (C=O) groups excluding carboxylic acids is 1. The van der Waals surface area contributed by atoms with Gasteiger partial charge in [-0.15, -0.1) is 0 Å². The number of amides is 1. The normalized spacial score (nSPS) is 25.4. The van der Waals surface area contributed by atoms with Crippen LogP contribution in [0.15, 0.2) is 51.2 Å². The Balaban J connectivity index is 1.57. The smallest absolute Gasteiger partial charge is 0.253 e. The molecule has 138 valence electrons. The fourth-order valence-electron chi connectivity index (χ4n) is 3.90. The van der Waals surface area contributed by atoms with Gasteiger partial charge in [0, 0.05) is 31.2 Å². The van der Waals surface area contributed by atoms with E-state index in [1.54, 1.807) is 33.5 Å². The van der Waals surface area contributed by atoms with Gasteiger partial charge in [0.25, 0.3) is 5.91 Å². The number of sulfonamides is 1. The zero-order valence-electron chi connectivity index (χ0n) is 14.4. The topological polar surface area (TPSA) is 91.6 Å². The van der Waals surface area contributed by atoms with Gasteiger partial charge in [-0.3, -0.25) is 4.79 Å². The van der Waals surface area contributed by atoms with Crippen LogP contribution < -0.4 is 4.74 Å². The highest BCUT2D eigenvalue weighted by Gasteiger charge is 2.48. The maximum atomic E-state index is 13.2. The van der Waals surface area contributed by atoms with Gasteiger partial charge in [-0.1, -0.05) is 6.07 Å². The lowest BCUT2D eigenvalue weighted by Crippen LogP contribution is -2.57. The molecular formula is C17H20N4O4S. The van der Waals surface area contributed by atoms with Crippen molar-refractivity contribution >= 4 is 15.9 Å². The van der Waals surface area contributed by atoms with Gasteiger partial charge in [0.1, 0.15) is 5.75 Å². The number of likely N-dealkylation sites (tertiary alicyclic amines) is 1. The Morgan fingerprint density at radius 2 is 1.96 bits per heavy atom. The first-order valence-corrected chi connectivity index (χ1v) is 9.97. The van der Waals surface area contributed by atoms with E-state index in [9.17, 15) is 13.2 Å². The molecule has 4 rings (SSSR count). The van der Waals surface area contributed by atoms with Crippen LogP contribution in [-0.2, 0) is 14.8 Å². The van der Waals surface area contributed by atoms with Crippen molar-refractivity contribution in [1.29, 1.82) is 0 Å². The van der Waals surface area contributed by atoms with Crippen LogP contribution in [0, 0.1) is 0 Å². The van der Waals surface area contributed by atoms with Gasteiger partial charge in [0.15, 0.2) is 0 Å². The number of nitrogens with zero attached hydrogens (tertiary/aromatic N) is 4. The Morgan fingerprint density at radius 3 is 2.58 bits per heavy atom. The molecule has 2 fully saturated rings. The average Bonchev–Trinajstić information content (AvgIpc) is 3.28. The van der Waals surface area contributed by atoms with E-state index in [0.717, 1.165) is 12.8 Å². The Labute approximate surface area is 152 Å². The van der Waals surface area contributed by atoms with Crippen molar-refractivity contribution in [2.24, 2.45) is 10.2 Å². The summed E-state index contributed by atoms with van der Waals surface area (Å²) in [6.45, 7) is 1.10. The van der Waals surface area contributed by atoms with Gasteiger partial charge in [-0.25, -0.2) is 8.42 Å². The number of hydrogen-bond acceptors (Lipinski definition) is 6. The first-order chi connectivity index (χ1) is 12.5. The molecule has 2 saturated heterocycles. The Bertz CT molecular complexity index is 882. The van der Waals surface area contributed by atoms with Crippen LogP contribution in [0.4, 0.5) is 0 Å². The molecule has 2 bridgehead atoms. The molecule has 2 unspecified atom stereocenters. The highest BCUT2D eigenvalue weighted by Crippen LogP contribution is 2.36. The number of rotatable bonds is 4. The van der Waals surface area contributed by atoms with Crippen molar-refractivity contribution in [2.45, 2.75) is 29.8 Å². The predicted octanol–water partition coefficient (Wildman–Crippen LogP) is 1.41.